The lowest BCUT2D eigenvalue weighted by molar-refractivity contribution is -0.123. The van der Waals surface area contributed by atoms with E-state index in [0.717, 1.165) is 27.5 Å². The van der Waals surface area contributed by atoms with Crippen molar-refractivity contribution < 1.29 is 24.2 Å². The molecule has 1 aromatic heterocycles. The van der Waals surface area contributed by atoms with Crippen LogP contribution in [-0.4, -0.2) is 17.4 Å². The standard InChI is InChI=1S/C24H16O5S/c25-15-28-12-13-29-19-9-6-16(7-10-19)22-20-11-8-18(26)14-21(20)30-24(22)23(27)17-4-2-1-3-5-17/h1-15,26H/b13-12+. The molecule has 5 nitrogen and oxygen atoms in total. The molecule has 148 valence electrons. The second-order valence-corrected chi connectivity index (χ2v) is 7.38. The number of ether oxygens (including phenoxy) is 2. The number of carbonyl (C=O) groups excluding carboxylic acids is 2. The Hall–Kier alpha value is -3.90. The van der Waals surface area contributed by atoms with Crippen molar-refractivity contribution in [2.75, 3.05) is 0 Å². The monoisotopic (exact) mass is 416 g/mol. The summed E-state index contributed by atoms with van der Waals surface area (Å²) in [6.45, 7) is 0.299. The van der Waals surface area contributed by atoms with Gasteiger partial charge in [-0.05, 0) is 35.9 Å². The molecule has 0 radical (unpaired) electrons. The minimum atomic E-state index is -0.0689. The number of thiophene rings is 1. The van der Waals surface area contributed by atoms with Gasteiger partial charge in [0.1, 0.15) is 24.0 Å². The van der Waals surface area contributed by atoms with E-state index >= 15 is 0 Å². The molecule has 0 bridgehead atoms. The van der Waals surface area contributed by atoms with Crippen molar-refractivity contribution >= 4 is 33.7 Å². The van der Waals surface area contributed by atoms with E-state index in [1.807, 2.05) is 36.4 Å². The quantitative estimate of drug-likeness (QED) is 0.244. The maximum atomic E-state index is 13.2. The summed E-state index contributed by atoms with van der Waals surface area (Å²) in [5.41, 5.74) is 2.27. The molecular weight excluding hydrogens is 400 g/mol. The molecule has 0 aliphatic rings. The first-order valence-corrected chi connectivity index (χ1v) is 9.85. The van der Waals surface area contributed by atoms with E-state index in [0.29, 0.717) is 22.7 Å². The molecule has 1 heterocycles. The van der Waals surface area contributed by atoms with Gasteiger partial charge in [0.2, 0.25) is 5.78 Å². The molecule has 0 amide bonds. The Morgan fingerprint density at radius 1 is 0.933 bits per heavy atom. The van der Waals surface area contributed by atoms with Gasteiger partial charge in [-0.15, -0.1) is 11.3 Å². The van der Waals surface area contributed by atoms with Gasteiger partial charge in [0, 0.05) is 21.2 Å². The highest BCUT2D eigenvalue weighted by Crippen LogP contribution is 2.41. The van der Waals surface area contributed by atoms with E-state index in [2.05, 4.69) is 4.74 Å². The number of rotatable bonds is 7. The van der Waals surface area contributed by atoms with Crippen LogP contribution in [0, 0.1) is 0 Å². The summed E-state index contributed by atoms with van der Waals surface area (Å²) < 4.78 is 10.6. The molecule has 3 aromatic carbocycles. The highest BCUT2D eigenvalue weighted by Gasteiger charge is 2.21. The van der Waals surface area contributed by atoms with Crippen molar-refractivity contribution in [3.05, 3.63) is 95.8 Å². The van der Waals surface area contributed by atoms with Gasteiger partial charge in [-0.2, -0.15) is 0 Å². The van der Waals surface area contributed by atoms with E-state index < -0.39 is 0 Å². The Labute approximate surface area is 176 Å². The highest BCUT2D eigenvalue weighted by molar-refractivity contribution is 7.21. The predicted molar refractivity (Wildman–Crippen MR) is 116 cm³/mol. The summed E-state index contributed by atoms with van der Waals surface area (Å²) in [4.78, 5) is 24.0. The maximum Gasteiger partial charge on any atom is 0.298 e. The molecule has 6 heteroatoms. The lowest BCUT2D eigenvalue weighted by Gasteiger charge is -2.07. The highest BCUT2D eigenvalue weighted by atomic mass is 32.1. The number of phenolic OH excluding ortho intramolecular Hbond substituents is 1. The van der Waals surface area contributed by atoms with Gasteiger partial charge in [0.15, 0.2) is 0 Å². The first-order valence-electron chi connectivity index (χ1n) is 9.04. The van der Waals surface area contributed by atoms with Gasteiger partial charge in [-0.3, -0.25) is 9.59 Å². The molecule has 0 fully saturated rings. The molecular formula is C24H16O5S. The number of hydrogen-bond donors (Lipinski definition) is 1. The topological polar surface area (TPSA) is 72.8 Å². The average Bonchev–Trinajstić information content (AvgIpc) is 3.15. The maximum absolute atomic E-state index is 13.2. The number of ketones is 1. The van der Waals surface area contributed by atoms with Gasteiger partial charge < -0.3 is 14.6 Å². The average molecular weight is 416 g/mol. The molecule has 4 rings (SSSR count). The van der Waals surface area contributed by atoms with Crippen LogP contribution >= 0.6 is 11.3 Å². The van der Waals surface area contributed by atoms with Crippen molar-refractivity contribution in [1.82, 2.24) is 0 Å². The third kappa shape index (κ3) is 3.94. The van der Waals surface area contributed by atoms with Crippen molar-refractivity contribution in [2.24, 2.45) is 0 Å². The Balaban J connectivity index is 1.77. The molecule has 0 aliphatic carbocycles. The lowest BCUT2D eigenvalue weighted by atomic mass is 9.98. The Kier molecular flexibility index (Phi) is 5.59. The summed E-state index contributed by atoms with van der Waals surface area (Å²) in [7, 11) is 0. The molecule has 30 heavy (non-hydrogen) atoms. The first-order chi connectivity index (χ1) is 14.7. The Bertz CT molecular complexity index is 1220. The normalized spacial score (nSPS) is 10.9. The van der Waals surface area contributed by atoms with Crippen LogP contribution in [0.2, 0.25) is 0 Å². The van der Waals surface area contributed by atoms with Crippen molar-refractivity contribution in [3.8, 4) is 22.6 Å². The van der Waals surface area contributed by atoms with E-state index in [1.54, 1.807) is 36.4 Å². The number of phenols is 1. The predicted octanol–water partition coefficient (Wildman–Crippen LogP) is 5.53. The zero-order valence-corrected chi connectivity index (χ0v) is 16.5. The van der Waals surface area contributed by atoms with E-state index in [1.165, 1.54) is 17.6 Å². The second-order valence-electron chi connectivity index (χ2n) is 6.33. The van der Waals surface area contributed by atoms with Crippen LogP contribution in [0.5, 0.6) is 11.5 Å². The van der Waals surface area contributed by atoms with E-state index in [4.69, 9.17) is 4.74 Å². The third-order valence-electron chi connectivity index (χ3n) is 4.45. The second kappa shape index (κ2) is 8.63. The van der Waals surface area contributed by atoms with Crippen LogP contribution in [0.25, 0.3) is 21.2 Å². The summed E-state index contributed by atoms with van der Waals surface area (Å²) in [5.74, 6) is 0.639. The minimum Gasteiger partial charge on any atom is -0.508 e. The fourth-order valence-electron chi connectivity index (χ4n) is 3.12. The molecule has 0 atom stereocenters. The molecule has 0 saturated heterocycles. The third-order valence-corrected chi connectivity index (χ3v) is 5.60. The van der Waals surface area contributed by atoms with E-state index in [-0.39, 0.29) is 11.5 Å². The largest absolute Gasteiger partial charge is 0.508 e. The van der Waals surface area contributed by atoms with Gasteiger partial charge in [-0.25, -0.2) is 0 Å². The summed E-state index contributed by atoms with van der Waals surface area (Å²) in [6, 6.07) is 21.5. The van der Waals surface area contributed by atoms with Crippen LogP contribution in [-0.2, 0) is 9.53 Å². The van der Waals surface area contributed by atoms with Crippen molar-refractivity contribution in [1.29, 1.82) is 0 Å². The van der Waals surface area contributed by atoms with Crippen LogP contribution in [0.15, 0.2) is 85.3 Å². The Morgan fingerprint density at radius 3 is 2.43 bits per heavy atom. The Morgan fingerprint density at radius 2 is 1.70 bits per heavy atom. The lowest BCUT2D eigenvalue weighted by Crippen LogP contribution is -2.00. The molecule has 0 saturated carbocycles. The van der Waals surface area contributed by atoms with Crippen LogP contribution in [0.3, 0.4) is 0 Å². The zero-order chi connectivity index (χ0) is 20.9. The molecule has 0 spiro atoms. The minimum absolute atomic E-state index is 0.0689. The van der Waals surface area contributed by atoms with Gasteiger partial charge in [0.25, 0.3) is 6.47 Å². The smallest absolute Gasteiger partial charge is 0.298 e. The van der Waals surface area contributed by atoms with Gasteiger partial charge in [0.05, 0.1) is 4.88 Å². The molecule has 4 aromatic rings. The van der Waals surface area contributed by atoms with Crippen LogP contribution in [0.1, 0.15) is 15.2 Å². The van der Waals surface area contributed by atoms with Crippen molar-refractivity contribution in [3.63, 3.8) is 0 Å². The summed E-state index contributed by atoms with van der Waals surface area (Å²) >= 11 is 1.36. The first kappa shape index (κ1) is 19.4. The number of benzene rings is 3. The SMILES string of the molecule is O=CO/C=C/Oc1ccc(-c2c(C(=O)c3ccccc3)sc3cc(O)ccc23)cc1. The summed E-state index contributed by atoms with van der Waals surface area (Å²) in [6.07, 6.45) is 2.40. The van der Waals surface area contributed by atoms with Crippen LogP contribution in [0.4, 0.5) is 0 Å². The van der Waals surface area contributed by atoms with E-state index in [9.17, 15) is 14.7 Å². The zero-order valence-electron chi connectivity index (χ0n) is 15.6. The number of carbonyl (C=O) groups is 2. The van der Waals surface area contributed by atoms with Gasteiger partial charge in [-0.1, -0.05) is 42.5 Å². The molecule has 0 unspecified atom stereocenters. The van der Waals surface area contributed by atoms with Crippen molar-refractivity contribution in [2.45, 2.75) is 0 Å². The number of fused-ring (bicyclic) bond motifs is 1. The van der Waals surface area contributed by atoms with Crippen LogP contribution < -0.4 is 4.74 Å². The molecule has 1 N–H and O–H groups in total. The summed E-state index contributed by atoms with van der Waals surface area (Å²) in [5, 5.41) is 10.8. The molecule has 0 aliphatic heterocycles. The fourth-order valence-corrected chi connectivity index (χ4v) is 4.34. The number of hydrogen-bond acceptors (Lipinski definition) is 6. The van der Waals surface area contributed by atoms with Gasteiger partial charge >= 0.3 is 0 Å². The fraction of sp³-hybridized carbons (Fsp3) is 0. The number of aromatic hydroxyl groups is 1.